The van der Waals surface area contributed by atoms with Crippen molar-refractivity contribution in [2.45, 2.75) is 4.90 Å². The normalized spacial score (nSPS) is 11.2. The molecule has 8 nitrogen and oxygen atoms in total. The molecule has 3 N–H and O–H groups in total. The summed E-state index contributed by atoms with van der Waals surface area (Å²) in [5.74, 6) is -0.479. The molecule has 1 heterocycles. The van der Waals surface area contributed by atoms with E-state index in [9.17, 15) is 13.2 Å². The van der Waals surface area contributed by atoms with Crippen LogP contribution in [0.5, 0.6) is 0 Å². The molecule has 2 aromatic rings. The van der Waals surface area contributed by atoms with Crippen LogP contribution in [0.2, 0.25) is 0 Å². The molecule has 0 saturated carbocycles. The average Bonchev–Trinajstić information content (AvgIpc) is 2.93. The zero-order valence-electron chi connectivity index (χ0n) is 9.91. The van der Waals surface area contributed by atoms with Gasteiger partial charge in [0.1, 0.15) is 0 Å². The molecule has 0 saturated heterocycles. The number of carbonyl (C=O) groups excluding carboxylic acids is 1. The maximum absolute atomic E-state index is 11.7. The Hall–Kier alpha value is -2.26. The highest BCUT2D eigenvalue weighted by molar-refractivity contribution is 7.89. The van der Waals surface area contributed by atoms with Gasteiger partial charge in [0.15, 0.2) is 5.69 Å². The van der Waals surface area contributed by atoms with Gasteiger partial charge in [0.05, 0.1) is 11.1 Å². The highest BCUT2D eigenvalue weighted by Crippen LogP contribution is 2.15. The van der Waals surface area contributed by atoms with E-state index in [-0.39, 0.29) is 10.6 Å². The highest BCUT2D eigenvalue weighted by atomic mass is 32.2. The fourth-order valence-corrected chi connectivity index (χ4v) is 2.14. The number of H-pyrrole nitrogens is 1. The Labute approximate surface area is 109 Å². The first-order chi connectivity index (χ1) is 9.03. The van der Waals surface area contributed by atoms with E-state index < -0.39 is 15.9 Å². The fraction of sp³-hybridized carbons (Fsp3) is 0.100. The molecule has 0 radical (unpaired) electrons. The molecule has 0 fully saturated rings. The largest absolute Gasteiger partial charge is 0.321 e. The van der Waals surface area contributed by atoms with Crippen LogP contribution in [-0.4, -0.2) is 36.8 Å². The molecule has 9 heteroatoms. The molecule has 100 valence electrons. The van der Waals surface area contributed by atoms with Crippen molar-refractivity contribution >= 4 is 21.6 Å². The van der Waals surface area contributed by atoms with Crippen LogP contribution in [0.3, 0.4) is 0 Å². The summed E-state index contributed by atoms with van der Waals surface area (Å²) in [5.41, 5.74) is 0.464. The summed E-state index contributed by atoms with van der Waals surface area (Å²) in [6, 6.07) is 5.89. The maximum atomic E-state index is 11.7. The molecule has 0 aliphatic heterocycles. The van der Waals surface area contributed by atoms with Crippen LogP contribution in [-0.2, 0) is 10.0 Å². The van der Waals surface area contributed by atoms with Gasteiger partial charge in [0.25, 0.3) is 5.91 Å². The van der Waals surface area contributed by atoms with Gasteiger partial charge in [-0.15, -0.1) is 0 Å². The lowest BCUT2D eigenvalue weighted by Gasteiger charge is -2.06. The molecule has 0 aliphatic carbocycles. The summed E-state index contributed by atoms with van der Waals surface area (Å²) in [4.78, 5) is 11.8. The number of anilines is 1. The van der Waals surface area contributed by atoms with Crippen molar-refractivity contribution in [3.8, 4) is 0 Å². The predicted molar refractivity (Wildman–Crippen MR) is 67.0 cm³/mol. The number of nitrogens with zero attached hydrogens (tertiary/aromatic N) is 2. The number of aromatic amines is 1. The Kier molecular flexibility index (Phi) is 3.58. The lowest BCUT2D eigenvalue weighted by Crippen LogP contribution is -2.19. The average molecular weight is 281 g/mol. The molecule has 1 amide bonds. The Morgan fingerprint density at radius 2 is 2.16 bits per heavy atom. The molecule has 19 heavy (non-hydrogen) atoms. The Balaban J connectivity index is 2.23. The van der Waals surface area contributed by atoms with Crippen LogP contribution >= 0.6 is 0 Å². The van der Waals surface area contributed by atoms with E-state index in [0.717, 1.165) is 0 Å². The number of sulfonamides is 1. The van der Waals surface area contributed by atoms with Crippen molar-refractivity contribution in [2.24, 2.45) is 0 Å². The second kappa shape index (κ2) is 5.16. The molecule has 1 aromatic carbocycles. The molecular weight excluding hydrogens is 270 g/mol. The summed E-state index contributed by atoms with van der Waals surface area (Å²) >= 11 is 0. The summed E-state index contributed by atoms with van der Waals surface area (Å²) in [6.45, 7) is 0. The summed E-state index contributed by atoms with van der Waals surface area (Å²) in [5, 5.41) is 12.0. The number of benzene rings is 1. The molecule has 0 atom stereocenters. The summed E-state index contributed by atoms with van der Waals surface area (Å²) in [6.07, 6.45) is 1.27. The number of carbonyl (C=O) groups is 1. The van der Waals surface area contributed by atoms with Gasteiger partial charge in [-0.3, -0.25) is 4.79 Å². The van der Waals surface area contributed by atoms with Crippen LogP contribution in [0.25, 0.3) is 0 Å². The molecule has 0 unspecified atom stereocenters. The Morgan fingerprint density at radius 3 is 2.79 bits per heavy atom. The van der Waals surface area contributed by atoms with Gasteiger partial charge in [0.2, 0.25) is 10.0 Å². The molecule has 0 bridgehead atoms. The third kappa shape index (κ3) is 2.95. The first-order valence-electron chi connectivity index (χ1n) is 5.23. The van der Waals surface area contributed by atoms with Crippen molar-refractivity contribution in [1.29, 1.82) is 0 Å². The molecule has 0 spiro atoms. The Morgan fingerprint density at radius 1 is 1.37 bits per heavy atom. The number of rotatable bonds is 4. The lowest BCUT2D eigenvalue weighted by atomic mass is 10.3. The smallest absolute Gasteiger partial charge is 0.277 e. The van der Waals surface area contributed by atoms with Crippen LogP contribution in [0, 0.1) is 0 Å². The first kappa shape index (κ1) is 13.2. The topological polar surface area (TPSA) is 117 Å². The number of aromatic nitrogens is 3. The summed E-state index contributed by atoms with van der Waals surface area (Å²) < 4.78 is 25.4. The first-order valence-corrected chi connectivity index (χ1v) is 6.72. The third-order valence-corrected chi connectivity index (χ3v) is 3.73. The minimum absolute atomic E-state index is 0.0629. The van der Waals surface area contributed by atoms with Crippen molar-refractivity contribution in [3.05, 3.63) is 36.2 Å². The molecule has 1 aromatic heterocycles. The minimum Gasteiger partial charge on any atom is -0.321 e. The number of nitrogens with one attached hydrogen (secondary N) is 3. The van der Waals surface area contributed by atoms with Crippen LogP contribution < -0.4 is 10.0 Å². The monoisotopic (exact) mass is 281 g/mol. The zero-order chi connectivity index (χ0) is 13.9. The van der Waals surface area contributed by atoms with Gasteiger partial charge in [-0.1, -0.05) is 6.07 Å². The minimum atomic E-state index is -3.55. The van der Waals surface area contributed by atoms with Crippen molar-refractivity contribution in [2.75, 3.05) is 12.4 Å². The van der Waals surface area contributed by atoms with Crippen LogP contribution in [0.15, 0.2) is 35.4 Å². The van der Waals surface area contributed by atoms with Gasteiger partial charge in [-0.05, 0) is 25.2 Å². The lowest BCUT2D eigenvalue weighted by molar-refractivity contribution is 0.102. The van der Waals surface area contributed by atoms with Gasteiger partial charge in [-0.2, -0.15) is 15.4 Å². The van der Waals surface area contributed by atoms with Gasteiger partial charge < -0.3 is 5.32 Å². The van der Waals surface area contributed by atoms with E-state index >= 15 is 0 Å². The third-order valence-electron chi connectivity index (χ3n) is 2.32. The van der Waals surface area contributed by atoms with Crippen LogP contribution in [0.1, 0.15) is 10.5 Å². The second-order valence-electron chi connectivity index (χ2n) is 3.54. The number of hydrogen-bond acceptors (Lipinski definition) is 5. The summed E-state index contributed by atoms with van der Waals surface area (Å²) in [7, 11) is -2.23. The van der Waals surface area contributed by atoms with E-state index in [2.05, 4.69) is 25.4 Å². The molecule has 0 aliphatic rings. The quantitative estimate of drug-likeness (QED) is 0.727. The highest BCUT2D eigenvalue weighted by Gasteiger charge is 2.13. The van der Waals surface area contributed by atoms with E-state index in [1.165, 1.54) is 31.4 Å². The van der Waals surface area contributed by atoms with E-state index in [1.807, 2.05) is 0 Å². The van der Waals surface area contributed by atoms with Gasteiger partial charge in [-0.25, -0.2) is 13.1 Å². The van der Waals surface area contributed by atoms with E-state index in [1.54, 1.807) is 6.07 Å². The second-order valence-corrected chi connectivity index (χ2v) is 5.43. The molecule has 2 rings (SSSR count). The van der Waals surface area contributed by atoms with Gasteiger partial charge in [0, 0.05) is 5.69 Å². The predicted octanol–water partition coefficient (Wildman–Crippen LogP) is -0.0349. The number of amides is 1. The number of hydrogen-bond donors (Lipinski definition) is 3. The van der Waals surface area contributed by atoms with Crippen molar-refractivity contribution < 1.29 is 13.2 Å². The molecular formula is C10H11N5O3S. The van der Waals surface area contributed by atoms with E-state index in [4.69, 9.17) is 0 Å². The zero-order valence-corrected chi connectivity index (χ0v) is 10.7. The van der Waals surface area contributed by atoms with Gasteiger partial charge >= 0.3 is 0 Å². The fourth-order valence-electron chi connectivity index (χ4n) is 1.37. The standard InChI is InChI=1S/C10H11N5O3S/c1-11-19(17,18)8-4-2-3-7(5-8)13-10(16)9-6-12-15-14-9/h2-6,11H,1H3,(H,13,16)(H,12,14,15). The van der Waals surface area contributed by atoms with Crippen molar-refractivity contribution in [3.63, 3.8) is 0 Å². The SMILES string of the molecule is CNS(=O)(=O)c1cccc(NC(=O)c2cn[nH]n2)c1. The van der Waals surface area contributed by atoms with Crippen molar-refractivity contribution in [1.82, 2.24) is 20.1 Å². The van der Waals surface area contributed by atoms with Crippen LogP contribution in [0.4, 0.5) is 5.69 Å². The maximum Gasteiger partial charge on any atom is 0.277 e. The Bertz CT molecular complexity index is 681. The van der Waals surface area contributed by atoms with E-state index in [0.29, 0.717) is 5.69 Å².